The van der Waals surface area contributed by atoms with Crippen LogP contribution in [0.5, 0.6) is 5.75 Å². The quantitative estimate of drug-likeness (QED) is 0.673. The van der Waals surface area contributed by atoms with Gasteiger partial charge in [-0.05, 0) is 49.1 Å². The Morgan fingerprint density at radius 1 is 1.18 bits per heavy atom. The average Bonchev–Trinajstić information content (AvgIpc) is 2.67. The number of carbonyl (C=O) groups is 2. The number of anilines is 1. The molecule has 0 aliphatic carbocycles. The number of rotatable bonds is 9. The number of carbonyl (C=O) groups excluding carboxylic acids is 2. The minimum atomic E-state index is -0.191. The Kier molecular flexibility index (Phi) is 8.33. The number of amides is 2. The fraction of sp³-hybridized carbons (Fsp3) is 0.364. The summed E-state index contributed by atoms with van der Waals surface area (Å²) in [5.74, 6) is 0.370. The lowest BCUT2D eigenvalue weighted by Crippen LogP contribution is -2.38. The summed E-state index contributed by atoms with van der Waals surface area (Å²) in [5.41, 5.74) is 2.71. The van der Waals surface area contributed by atoms with Crippen molar-refractivity contribution in [3.05, 3.63) is 58.6 Å². The van der Waals surface area contributed by atoms with Crippen LogP contribution in [0.3, 0.4) is 0 Å². The second kappa shape index (κ2) is 10.7. The largest absolute Gasteiger partial charge is 0.495 e. The summed E-state index contributed by atoms with van der Waals surface area (Å²) in [6, 6.07) is 13.1. The number of hydrogen-bond acceptors (Lipinski definition) is 3. The fourth-order valence-corrected chi connectivity index (χ4v) is 3.19. The second-order valence-electron chi connectivity index (χ2n) is 6.65. The van der Waals surface area contributed by atoms with Crippen molar-refractivity contribution in [2.75, 3.05) is 25.5 Å². The summed E-state index contributed by atoms with van der Waals surface area (Å²) in [4.78, 5) is 26.7. The van der Waals surface area contributed by atoms with Gasteiger partial charge < -0.3 is 15.0 Å². The van der Waals surface area contributed by atoms with Crippen molar-refractivity contribution in [2.24, 2.45) is 0 Å². The van der Waals surface area contributed by atoms with Crippen LogP contribution in [-0.4, -0.2) is 36.9 Å². The highest BCUT2D eigenvalue weighted by Crippen LogP contribution is 2.25. The molecular formula is C22H27ClN2O3. The van der Waals surface area contributed by atoms with Crippen LogP contribution in [-0.2, 0) is 16.0 Å². The third kappa shape index (κ3) is 6.27. The number of halogens is 1. The van der Waals surface area contributed by atoms with E-state index in [9.17, 15) is 9.59 Å². The Morgan fingerprint density at radius 2 is 1.93 bits per heavy atom. The van der Waals surface area contributed by atoms with Gasteiger partial charge in [0.15, 0.2) is 0 Å². The number of aryl methyl sites for hydroxylation is 2. The van der Waals surface area contributed by atoms with Crippen molar-refractivity contribution in [3.8, 4) is 5.75 Å². The van der Waals surface area contributed by atoms with E-state index in [4.69, 9.17) is 16.3 Å². The molecule has 0 aliphatic rings. The van der Waals surface area contributed by atoms with Gasteiger partial charge in [-0.3, -0.25) is 9.59 Å². The van der Waals surface area contributed by atoms with E-state index in [0.29, 0.717) is 30.2 Å². The smallest absolute Gasteiger partial charge is 0.244 e. The predicted molar refractivity (Wildman–Crippen MR) is 113 cm³/mol. The zero-order valence-corrected chi connectivity index (χ0v) is 17.4. The number of ether oxygens (including phenoxy) is 1. The van der Waals surface area contributed by atoms with Gasteiger partial charge in [0.05, 0.1) is 18.7 Å². The van der Waals surface area contributed by atoms with Crippen molar-refractivity contribution < 1.29 is 14.3 Å². The molecular weight excluding hydrogens is 376 g/mol. The van der Waals surface area contributed by atoms with Crippen LogP contribution in [0.15, 0.2) is 42.5 Å². The highest BCUT2D eigenvalue weighted by atomic mass is 35.5. The Hall–Kier alpha value is -2.53. The van der Waals surface area contributed by atoms with Gasteiger partial charge >= 0.3 is 0 Å². The molecule has 2 rings (SSSR count). The molecule has 2 amide bonds. The summed E-state index contributed by atoms with van der Waals surface area (Å²) in [6.07, 6.45) is 1.67. The molecule has 0 saturated carbocycles. The van der Waals surface area contributed by atoms with E-state index < -0.39 is 0 Å². The third-order valence-electron chi connectivity index (χ3n) is 4.44. The van der Waals surface area contributed by atoms with E-state index in [-0.39, 0.29) is 18.4 Å². The summed E-state index contributed by atoms with van der Waals surface area (Å²) in [7, 11) is 1.56. The number of hydrogen-bond donors (Lipinski definition) is 1. The first kappa shape index (κ1) is 21.8. The van der Waals surface area contributed by atoms with Crippen LogP contribution in [0.25, 0.3) is 0 Å². The average molecular weight is 403 g/mol. The lowest BCUT2D eigenvalue weighted by atomic mass is 10.1. The van der Waals surface area contributed by atoms with E-state index in [2.05, 4.69) is 5.32 Å². The van der Waals surface area contributed by atoms with Crippen molar-refractivity contribution >= 4 is 29.1 Å². The molecule has 0 atom stereocenters. The molecule has 0 aromatic heterocycles. The zero-order valence-electron chi connectivity index (χ0n) is 16.6. The van der Waals surface area contributed by atoms with E-state index in [1.807, 2.05) is 50.2 Å². The minimum absolute atomic E-state index is 0.0460. The summed E-state index contributed by atoms with van der Waals surface area (Å²) >= 11 is 6.14. The molecule has 1 N–H and O–H groups in total. The maximum atomic E-state index is 12.7. The molecule has 2 aromatic carbocycles. The molecule has 0 radical (unpaired) electrons. The molecule has 0 spiro atoms. The summed E-state index contributed by atoms with van der Waals surface area (Å²) in [6.45, 7) is 4.51. The van der Waals surface area contributed by atoms with Crippen LogP contribution in [0.2, 0.25) is 5.02 Å². The Balaban J connectivity index is 1.94. The zero-order chi connectivity index (χ0) is 20.5. The molecule has 0 aliphatic heterocycles. The van der Waals surface area contributed by atoms with Crippen LogP contribution in [0, 0.1) is 6.92 Å². The minimum Gasteiger partial charge on any atom is -0.495 e. The summed E-state index contributed by atoms with van der Waals surface area (Å²) in [5, 5.41) is 3.41. The second-order valence-corrected chi connectivity index (χ2v) is 7.05. The SMILES string of the molecule is CCCN(CC(=O)Nc1ccccc1C)C(=O)CCc1ccc(OC)c(Cl)c1. The number of nitrogens with one attached hydrogen (secondary N) is 1. The van der Waals surface area contributed by atoms with E-state index in [1.165, 1.54) is 0 Å². The van der Waals surface area contributed by atoms with Crippen molar-refractivity contribution in [2.45, 2.75) is 33.1 Å². The molecule has 0 heterocycles. The highest BCUT2D eigenvalue weighted by molar-refractivity contribution is 6.32. The molecule has 0 fully saturated rings. The lowest BCUT2D eigenvalue weighted by molar-refractivity contribution is -0.134. The number of nitrogens with zero attached hydrogens (tertiary/aromatic N) is 1. The van der Waals surface area contributed by atoms with Crippen LogP contribution >= 0.6 is 11.6 Å². The molecule has 5 nitrogen and oxygen atoms in total. The molecule has 0 saturated heterocycles. The normalized spacial score (nSPS) is 10.4. The maximum absolute atomic E-state index is 12.7. The Morgan fingerprint density at radius 3 is 2.57 bits per heavy atom. The standard InChI is InChI=1S/C22H27ClN2O3/c1-4-13-25(15-21(26)24-19-8-6-5-7-16(19)2)22(27)12-10-17-9-11-20(28-3)18(23)14-17/h5-9,11,14H,4,10,12-13,15H2,1-3H3,(H,24,26). The monoisotopic (exact) mass is 402 g/mol. The van der Waals surface area contributed by atoms with Crippen molar-refractivity contribution in [1.29, 1.82) is 0 Å². The Bertz CT molecular complexity index is 823. The number of benzene rings is 2. The molecule has 6 heteroatoms. The van der Waals surface area contributed by atoms with Gasteiger partial charge in [-0.15, -0.1) is 0 Å². The topological polar surface area (TPSA) is 58.6 Å². The van der Waals surface area contributed by atoms with Gasteiger partial charge in [0.1, 0.15) is 5.75 Å². The maximum Gasteiger partial charge on any atom is 0.244 e. The van der Waals surface area contributed by atoms with Gasteiger partial charge in [-0.2, -0.15) is 0 Å². The highest BCUT2D eigenvalue weighted by Gasteiger charge is 2.17. The van der Waals surface area contributed by atoms with Crippen molar-refractivity contribution in [3.63, 3.8) is 0 Å². The first-order valence-corrected chi connectivity index (χ1v) is 9.78. The van der Waals surface area contributed by atoms with E-state index >= 15 is 0 Å². The molecule has 0 unspecified atom stereocenters. The van der Waals surface area contributed by atoms with Crippen LogP contribution < -0.4 is 10.1 Å². The molecule has 150 valence electrons. The van der Waals surface area contributed by atoms with Gasteiger partial charge in [-0.1, -0.05) is 42.8 Å². The van der Waals surface area contributed by atoms with Gasteiger partial charge in [0.25, 0.3) is 0 Å². The van der Waals surface area contributed by atoms with Gasteiger partial charge in [0.2, 0.25) is 11.8 Å². The first-order chi connectivity index (χ1) is 13.4. The summed E-state index contributed by atoms with van der Waals surface area (Å²) < 4.78 is 5.15. The number of para-hydroxylation sites is 1. The van der Waals surface area contributed by atoms with E-state index in [0.717, 1.165) is 23.2 Å². The van der Waals surface area contributed by atoms with Crippen molar-refractivity contribution in [1.82, 2.24) is 4.90 Å². The first-order valence-electron chi connectivity index (χ1n) is 9.40. The molecule has 2 aromatic rings. The predicted octanol–water partition coefficient (Wildman–Crippen LogP) is 4.47. The lowest BCUT2D eigenvalue weighted by Gasteiger charge is -2.22. The van der Waals surface area contributed by atoms with E-state index in [1.54, 1.807) is 18.1 Å². The van der Waals surface area contributed by atoms with Crippen LogP contribution in [0.4, 0.5) is 5.69 Å². The Labute approximate surface area is 171 Å². The number of methoxy groups -OCH3 is 1. The fourth-order valence-electron chi connectivity index (χ4n) is 2.91. The van der Waals surface area contributed by atoms with Gasteiger partial charge in [-0.25, -0.2) is 0 Å². The molecule has 28 heavy (non-hydrogen) atoms. The molecule has 0 bridgehead atoms. The van der Waals surface area contributed by atoms with Crippen LogP contribution in [0.1, 0.15) is 30.9 Å². The van der Waals surface area contributed by atoms with Gasteiger partial charge in [0, 0.05) is 18.7 Å². The third-order valence-corrected chi connectivity index (χ3v) is 4.74.